The highest BCUT2D eigenvalue weighted by molar-refractivity contribution is 7.89. The minimum absolute atomic E-state index is 0.0232. The molecule has 0 radical (unpaired) electrons. The van der Waals surface area contributed by atoms with Crippen LogP contribution in [0.5, 0.6) is 11.5 Å². The first-order valence-electron chi connectivity index (χ1n) is 12.1. The Morgan fingerprint density at radius 2 is 1.56 bits per heavy atom. The van der Waals surface area contributed by atoms with Crippen molar-refractivity contribution < 1.29 is 27.4 Å². The summed E-state index contributed by atoms with van der Waals surface area (Å²) in [6.07, 6.45) is 5.55. The van der Waals surface area contributed by atoms with E-state index in [2.05, 4.69) is 0 Å². The SMILES string of the molecule is COCC(=O)N1CCCCCCCCN(S(=O)(=O)c2cc(Cl)c(OC)cc2OC)Cc2ccccc21. The van der Waals surface area contributed by atoms with Gasteiger partial charge in [-0.1, -0.05) is 55.5 Å². The zero-order valence-corrected chi connectivity index (χ0v) is 22.7. The molecule has 1 amide bonds. The van der Waals surface area contributed by atoms with Gasteiger partial charge in [0.2, 0.25) is 10.0 Å². The maximum atomic E-state index is 14.0. The molecule has 0 aliphatic carbocycles. The van der Waals surface area contributed by atoms with Gasteiger partial charge in [-0.3, -0.25) is 4.79 Å². The standard InChI is InChI=1S/C26H35ClN2O6S/c1-33-19-26(30)29-15-11-7-5-4-6-10-14-28(18-20-12-8-9-13-22(20)29)36(31,32)25-16-21(27)23(34-2)17-24(25)35-3/h8-9,12-13,16-17H,4-7,10-11,14-15,18-19H2,1-3H3. The summed E-state index contributed by atoms with van der Waals surface area (Å²) in [5, 5.41) is 0.180. The monoisotopic (exact) mass is 538 g/mol. The summed E-state index contributed by atoms with van der Waals surface area (Å²) in [6.45, 7) is 0.934. The van der Waals surface area contributed by atoms with Crippen molar-refractivity contribution in [3.8, 4) is 11.5 Å². The molecule has 0 spiro atoms. The van der Waals surface area contributed by atoms with Gasteiger partial charge in [-0.15, -0.1) is 0 Å². The van der Waals surface area contributed by atoms with Crippen LogP contribution in [0, 0.1) is 0 Å². The Morgan fingerprint density at radius 1 is 0.917 bits per heavy atom. The van der Waals surface area contributed by atoms with E-state index in [9.17, 15) is 13.2 Å². The van der Waals surface area contributed by atoms with Crippen LogP contribution in [0.4, 0.5) is 5.69 Å². The highest BCUT2D eigenvalue weighted by Gasteiger charge is 2.30. The van der Waals surface area contributed by atoms with E-state index in [1.807, 2.05) is 24.3 Å². The maximum Gasteiger partial charge on any atom is 0.252 e. The van der Waals surface area contributed by atoms with Gasteiger partial charge in [0.15, 0.2) is 0 Å². The quantitative estimate of drug-likeness (QED) is 0.521. The van der Waals surface area contributed by atoms with Crippen LogP contribution in [-0.4, -0.2) is 59.7 Å². The van der Waals surface area contributed by atoms with Gasteiger partial charge in [0.05, 0.1) is 19.2 Å². The van der Waals surface area contributed by atoms with E-state index in [1.165, 1.54) is 37.8 Å². The lowest BCUT2D eigenvalue weighted by molar-refractivity contribution is -0.122. The van der Waals surface area contributed by atoms with Gasteiger partial charge in [0.1, 0.15) is 23.0 Å². The molecule has 0 N–H and O–H groups in total. The number of ether oxygens (including phenoxy) is 3. The molecule has 0 atom stereocenters. The number of hydrogen-bond donors (Lipinski definition) is 0. The van der Waals surface area contributed by atoms with E-state index in [0.717, 1.165) is 44.1 Å². The molecule has 0 saturated carbocycles. The van der Waals surface area contributed by atoms with Gasteiger partial charge in [-0.05, 0) is 30.5 Å². The van der Waals surface area contributed by atoms with Gasteiger partial charge < -0.3 is 19.1 Å². The molecule has 198 valence electrons. The molecule has 3 rings (SSSR count). The van der Waals surface area contributed by atoms with E-state index < -0.39 is 10.0 Å². The summed E-state index contributed by atoms with van der Waals surface area (Å²) in [4.78, 5) is 14.6. The number of carbonyl (C=O) groups is 1. The lowest BCUT2D eigenvalue weighted by Gasteiger charge is -2.28. The lowest BCUT2D eigenvalue weighted by atomic mass is 10.1. The average Bonchev–Trinajstić information content (AvgIpc) is 2.88. The molecule has 0 bridgehead atoms. The second kappa shape index (κ2) is 13.3. The fourth-order valence-electron chi connectivity index (χ4n) is 4.40. The zero-order chi connectivity index (χ0) is 26.1. The van der Waals surface area contributed by atoms with Crippen LogP contribution < -0.4 is 14.4 Å². The summed E-state index contributed by atoms with van der Waals surface area (Å²) in [7, 11) is 0.364. The third kappa shape index (κ3) is 6.70. The molecule has 0 fully saturated rings. The Balaban J connectivity index is 2.08. The van der Waals surface area contributed by atoms with Gasteiger partial charge in [-0.2, -0.15) is 4.31 Å². The number of hydrogen-bond acceptors (Lipinski definition) is 6. The van der Waals surface area contributed by atoms with Crippen molar-refractivity contribution in [2.24, 2.45) is 0 Å². The third-order valence-electron chi connectivity index (χ3n) is 6.29. The van der Waals surface area contributed by atoms with E-state index in [0.29, 0.717) is 24.5 Å². The lowest BCUT2D eigenvalue weighted by Crippen LogP contribution is -2.37. The highest BCUT2D eigenvalue weighted by Crippen LogP contribution is 2.37. The molecule has 0 aromatic heterocycles. The molecule has 10 heteroatoms. The van der Waals surface area contributed by atoms with Crippen molar-refractivity contribution in [2.75, 3.05) is 45.9 Å². The third-order valence-corrected chi connectivity index (χ3v) is 8.45. The molecular formula is C26H35ClN2O6S. The van der Waals surface area contributed by atoms with Crippen LogP contribution in [-0.2, 0) is 26.1 Å². The minimum atomic E-state index is -4.00. The summed E-state index contributed by atoms with van der Waals surface area (Å²) in [5.41, 5.74) is 1.43. The van der Waals surface area contributed by atoms with Crippen molar-refractivity contribution in [1.82, 2.24) is 4.31 Å². The molecule has 2 aromatic carbocycles. The van der Waals surface area contributed by atoms with Gasteiger partial charge in [-0.25, -0.2) is 8.42 Å². The first-order valence-corrected chi connectivity index (χ1v) is 13.9. The molecule has 1 aliphatic rings. The number of amides is 1. The van der Waals surface area contributed by atoms with E-state index in [-0.39, 0.29) is 34.7 Å². The first kappa shape index (κ1) is 28.2. The molecule has 0 saturated heterocycles. The molecule has 8 nitrogen and oxygen atoms in total. The van der Waals surface area contributed by atoms with Crippen molar-refractivity contribution in [3.63, 3.8) is 0 Å². The number of para-hydroxylation sites is 1. The van der Waals surface area contributed by atoms with Crippen molar-refractivity contribution in [2.45, 2.75) is 50.0 Å². The van der Waals surface area contributed by atoms with Crippen LogP contribution in [0.3, 0.4) is 0 Å². The van der Waals surface area contributed by atoms with Gasteiger partial charge in [0, 0.05) is 38.5 Å². The van der Waals surface area contributed by atoms with Gasteiger partial charge >= 0.3 is 0 Å². The van der Waals surface area contributed by atoms with E-state index in [1.54, 1.807) is 4.90 Å². The predicted molar refractivity (Wildman–Crippen MR) is 141 cm³/mol. The van der Waals surface area contributed by atoms with Crippen LogP contribution in [0.25, 0.3) is 0 Å². The summed E-state index contributed by atoms with van der Waals surface area (Å²) in [5.74, 6) is 0.331. The zero-order valence-electron chi connectivity index (χ0n) is 21.2. The second-order valence-electron chi connectivity index (χ2n) is 8.70. The Labute approximate surface area is 219 Å². The summed E-state index contributed by atoms with van der Waals surface area (Å²) < 4.78 is 45.2. The number of anilines is 1. The van der Waals surface area contributed by atoms with E-state index in [4.69, 9.17) is 25.8 Å². The number of carbonyl (C=O) groups excluding carboxylic acids is 1. The van der Waals surface area contributed by atoms with E-state index >= 15 is 0 Å². The molecule has 36 heavy (non-hydrogen) atoms. The molecule has 0 unspecified atom stereocenters. The minimum Gasteiger partial charge on any atom is -0.495 e. The fourth-order valence-corrected chi connectivity index (χ4v) is 6.33. The average molecular weight is 539 g/mol. The smallest absolute Gasteiger partial charge is 0.252 e. The number of methoxy groups -OCH3 is 3. The Kier molecular flexibility index (Phi) is 10.4. The highest BCUT2D eigenvalue weighted by atomic mass is 35.5. The van der Waals surface area contributed by atoms with Crippen LogP contribution in [0.2, 0.25) is 5.02 Å². The normalized spacial score (nSPS) is 16.3. The Morgan fingerprint density at radius 3 is 2.22 bits per heavy atom. The van der Waals surface area contributed by atoms with Gasteiger partial charge in [0.25, 0.3) is 5.91 Å². The number of benzene rings is 2. The predicted octanol–water partition coefficient (Wildman–Crippen LogP) is 4.88. The number of sulfonamides is 1. The summed E-state index contributed by atoms with van der Waals surface area (Å²) >= 11 is 6.31. The number of nitrogens with zero attached hydrogens (tertiary/aromatic N) is 2. The number of rotatable bonds is 6. The Bertz CT molecular complexity index is 1140. The van der Waals surface area contributed by atoms with Crippen LogP contribution in [0.15, 0.2) is 41.3 Å². The maximum absolute atomic E-state index is 14.0. The second-order valence-corrected chi connectivity index (χ2v) is 11.0. The molecule has 2 aromatic rings. The Hall–Kier alpha value is -2.33. The summed E-state index contributed by atoms with van der Waals surface area (Å²) in [6, 6.07) is 10.3. The number of halogens is 1. The fraction of sp³-hybridized carbons (Fsp3) is 0.500. The van der Waals surface area contributed by atoms with Crippen molar-refractivity contribution in [3.05, 3.63) is 47.0 Å². The number of fused-ring (bicyclic) bond motifs is 1. The molecular weight excluding hydrogens is 504 g/mol. The molecule has 1 aliphatic heterocycles. The first-order chi connectivity index (χ1) is 17.3. The largest absolute Gasteiger partial charge is 0.495 e. The van der Waals surface area contributed by atoms with Crippen molar-refractivity contribution >= 4 is 33.2 Å². The molecule has 1 heterocycles. The topological polar surface area (TPSA) is 85.4 Å². The van der Waals surface area contributed by atoms with Crippen molar-refractivity contribution in [1.29, 1.82) is 0 Å². The van der Waals surface area contributed by atoms with Crippen LogP contribution >= 0.6 is 11.6 Å². The van der Waals surface area contributed by atoms with Crippen LogP contribution in [0.1, 0.15) is 44.1 Å².